The molecule has 0 fully saturated rings. The summed E-state index contributed by atoms with van der Waals surface area (Å²) in [6.45, 7) is -0.0611. The molecule has 25 heavy (non-hydrogen) atoms. The minimum Gasteiger partial charge on any atom is -0.326 e. The number of carbonyl (C=O) groups is 1. The molecule has 1 amide bonds. The first-order valence-corrected chi connectivity index (χ1v) is 7.42. The van der Waals surface area contributed by atoms with Gasteiger partial charge in [0.2, 0.25) is 5.91 Å². The van der Waals surface area contributed by atoms with E-state index in [-0.39, 0.29) is 29.4 Å². The molecular weight excluding hydrogens is 332 g/mol. The van der Waals surface area contributed by atoms with Gasteiger partial charge in [-0.05, 0) is 24.3 Å². The number of fused-ring (bicyclic) bond motifs is 1. The van der Waals surface area contributed by atoms with E-state index in [4.69, 9.17) is 0 Å². The van der Waals surface area contributed by atoms with Crippen molar-refractivity contribution >= 4 is 22.4 Å². The van der Waals surface area contributed by atoms with Crippen molar-refractivity contribution in [3.05, 3.63) is 74.8 Å². The van der Waals surface area contributed by atoms with Crippen molar-refractivity contribution in [1.82, 2.24) is 9.78 Å². The molecule has 0 spiro atoms. The van der Waals surface area contributed by atoms with Crippen molar-refractivity contribution in [2.45, 2.75) is 13.0 Å². The van der Waals surface area contributed by atoms with Gasteiger partial charge >= 0.3 is 0 Å². The Morgan fingerprint density at radius 1 is 1.04 bits per heavy atom. The molecule has 2 N–H and O–H groups in total. The van der Waals surface area contributed by atoms with Crippen LogP contribution in [0, 0.1) is 11.6 Å². The summed E-state index contributed by atoms with van der Waals surface area (Å²) in [5.74, 6) is -2.60. The smallest absolute Gasteiger partial charge is 0.273 e. The average Bonchev–Trinajstić information content (AvgIpc) is 2.60. The van der Waals surface area contributed by atoms with Crippen LogP contribution in [0.5, 0.6) is 0 Å². The minimum absolute atomic E-state index is 0.0611. The quantitative estimate of drug-likeness (QED) is 0.758. The molecule has 0 atom stereocenters. The number of benzene rings is 2. The molecule has 2 aromatic carbocycles. The molecule has 0 saturated carbocycles. The van der Waals surface area contributed by atoms with Gasteiger partial charge < -0.3 is 5.32 Å². The third-order valence-electron chi connectivity index (χ3n) is 3.65. The van der Waals surface area contributed by atoms with Crippen molar-refractivity contribution in [2.75, 3.05) is 5.32 Å². The Morgan fingerprint density at radius 2 is 1.76 bits per heavy atom. The van der Waals surface area contributed by atoms with E-state index in [0.29, 0.717) is 0 Å². The Balaban J connectivity index is 1.75. The second-order valence-corrected chi connectivity index (χ2v) is 5.37. The van der Waals surface area contributed by atoms with Crippen LogP contribution in [0.4, 0.5) is 14.5 Å². The van der Waals surface area contributed by atoms with Gasteiger partial charge in [-0.1, -0.05) is 12.1 Å². The van der Waals surface area contributed by atoms with E-state index in [9.17, 15) is 23.2 Å². The van der Waals surface area contributed by atoms with Gasteiger partial charge in [0.25, 0.3) is 11.1 Å². The summed E-state index contributed by atoms with van der Waals surface area (Å²) < 4.78 is 27.0. The lowest BCUT2D eigenvalue weighted by atomic mass is 10.2. The van der Waals surface area contributed by atoms with E-state index in [1.165, 1.54) is 18.2 Å². The van der Waals surface area contributed by atoms with Crippen LogP contribution >= 0.6 is 0 Å². The topological polar surface area (TPSA) is 84.0 Å². The highest BCUT2D eigenvalue weighted by atomic mass is 19.2. The maximum absolute atomic E-state index is 13.1. The van der Waals surface area contributed by atoms with Crippen LogP contribution < -0.4 is 16.4 Å². The zero-order chi connectivity index (χ0) is 18.0. The van der Waals surface area contributed by atoms with E-state index in [2.05, 4.69) is 10.4 Å². The number of rotatable bonds is 4. The number of halogens is 2. The molecular formula is C17H13F2N3O3. The molecule has 0 aliphatic rings. The first-order chi connectivity index (χ1) is 12.0. The summed E-state index contributed by atoms with van der Waals surface area (Å²) in [6, 6.07) is 9.34. The number of anilines is 1. The van der Waals surface area contributed by atoms with E-state index < -0.39 is 28.7 Å². The third kappa shape index (κ3) is 3.47. The van der Waals surface area contributed by atoms with Gasteiger partial charge in [0.05, 0.1) is 17.3 Å². The number of hydrogen-bond acceptors (Lipinski definition) is 3. The van der Waals surface area contributed by atoms with E-state index in [1.807, 2.05) is 0 Å². The first-order valence-electron chi connectivity index (χ1n) is 7.42. The summed E-state index contributed by atoms with van der Waals surface area (Å²) in [7, 11) is 0. The first kappa shape index (κ1) is 16.6. The van der Waals surface area contributed by atoms with Crippen molar-refractivity contribution < 1.29 is 13.6 Å². The second kappa shape index (κ2) is 6.68. The molecule has 0 saturated heterocycles. The molecule has 1 heterocycles. The Kier molecular flexibility index (Phi) is 4.42. The highest BCUT2D eigenvalue weighted by Crippen LogP contribution is 2.13. The molecule has 6 nitrogen and oxygen atoms in total. The van der Waals surface area contributed by atoms with Gasteiger partial charge in [-0.25, -0.2) is 13.5 Å². The second-order valence-electron chi connectivity index (χ2n) is 5.37. The number of nitrogens with zero attached hydrogens (tertiary/aromatic N) is 1. The molecule has 0 radical (unpaired) electrons. The highest BCUT2D eigenvalue weighted by Gasteiger charge is 2.10. The van der Waals surface area contributed by atoms with Crippen LogP contribution in [0.2, 0.25) is 0 Å². The maximum atomic E-state index is 13.1. The average molecular weight is 345 g/mol. The SMILES string of the molecule is O=C(CCn1[nH]c(=O)c2ccccc2c1=O)Nc1ccc(F)c(F)c1. The molecule has 0 unspecified atom stereocenters. The zero-order valence-corrected chi connectivity index (χ0v) is 12.9. The summed E-state index contributed by atoms with van der Waals surface area (Å²) >= 11 is 0. The minimum atomic E-state index is -1.08. The van der Waals surface area contributed by atoms with Gasteiger partial charge in [0.1, 0.15) is 0 Å². The van der Waals surface area contributed by atoms with Crippen molar-refractivity contribution in [3.63, 3.8) is 0 Å². The Morgan fingerprint density at radius 3 is 2.48 bits per heavy atom. The lowest BCUT2D eigenvalue weighted by molar-refractivity contribution is -0.116. The zero-order valence-electron chi connectivity index (χ0n) is 12.9. The van der Waals surface area contributed by atoms with Crippen LogP contribution in [0.1, 0.15) is 6.42 Å². The van der Waals surface area contributed by atoms with E-state index >= 15 is 0 Å². The van der Waals surface area contributed by atoms with E-state index in [0.717, 1.165) is 16.8 Å². The standard InChI is InChI=1S/C17H13F2N3O3/c18-13-6-5-10(9-14(13)19)20-15(23)7-8-22-17(25)12-4-2-1-3-11(12)16(24)21-22/h1-6,9H,7-8H2,(H,20,23)(H,21,24). The fourth-order valence-corrected chi connectivity index (χ4v) is 2.41. The number of aromatic nitrogens is 2. The number of aromatic amines is 1. The van der Waals surface area contributed by atoms with Gasteiger partial charge in [0, 0.05) is 18.2 Å². The third-order valence-corrected chi connectivity index (χ3v) is 3.65. The lowest BCUT2D eigenvalue weighted by Crippen LogP contribution is -2.31. The molecule has 128 valence electrons. The van der Waals surface area contributed by atoms with Gasteiger partial charge in [-0.3, -0.25) is 19.5 Å². The Bertz CT molecular complexity index is 1070. The summed E-state index contributed by atoms with van der Waals surface area (Å²) in [5.41, 5.74) is -0.754. The van der Waals surface area contributed by atoms with Crippen LogP contribution in [-0.2, 0) is 11.3 Å². The fourth-order valence-electron chi connectivity index (χ4n) is 2.41. The molecule has 3 aromatic rings. The number of nitrogens with one attached hydrogen (secondary N) is 2. The molecule has 0 bridgehead atoms. The number of aryl methyl sites for hydroxylation is 1. The maximum Gasteiger partial charge on any atom is 0.273 e. The lowest BCUT2D eigenvalue weighted by Gasteiger charge is -2.08. The monoisotopic (exact) mass is 345 g/mol. The number of carbonyl (C=O) groups excluding carboxylic acids is 1. The molecule has 3 rings (SSSR count). The van der Waals surface area contributed by atoms with Crippen LogP contribution in [0.3, 0.4) is 0 Å². The van der Waals surface area contributed by atoms with Crippen molar-refractivity contribution in [2.24, 2.45) is 0 Å². The largest absolute Gasteiger partial charge is 0.326 e. The fraction of sp³-hybridized carbons (Fsp3) is 0.118. The van der Waals surface area contributed by atoms with Gasteiger partial charge in [-0.15, -0.1) is 0 Å². The summed E-state index contributed by atoms with van der Waals surface area (Å²) in [6.07, 6.45) is -0.132. The predicted molar refractivity (Wildman–Crippen MR) is 88.4 cm³/mol. The normalized spacial score (nSPS) is 10.8. The molecule has 8 heteroatoms. The van der Waals surface area contributed by atoms with Gasteiger partial charge in [0.15, 0.2) is 11.6 Å². The Hall–Kier alpha value is -3.29. The number of amides is 1. The van der Waals surface area contributed by atoms with Crippen LogP contribution in [0.15, 0.2) is 52.1 Å². The van der Waals surface area contributed by atoms with Crippen molar-refractivity contribution in [1.29, 1.82) is 0 Å². The number of hydrogen-bond donors (Lipinski definition) is 2. The van der Waals surface area contributed by atoms with Gasteiger partial charge in [-0.2, -0.15) is 0 Å². The predicted octanol–water partition coefficient (Wildman–Crippen LogP) is 2.00. The molecule has 0 aliphatic carbocycles. The van der Waals surface area contributed by atoms with Crippen molar-refractivity contribution in [3.8, 4) is 0 Å². The summed E-state index contributed by atoms with van der Waals surface area (Å²) in [4.78, 5) is 36.2. The van der Waals surface area contributed by atoms with Crippen LogP contribution in [0.25, 0.3) is 10.8 Å². The number of H-pyrrole nitrogens is 1. The van der Waals surface area contributed by atoms with E-state index in [1.54, 1.807) is 12.1 Å². The Labute approximate surface area is 139 Å². The van der Waals surface area contributed by atoms with Crippen LogP contribution in [-0.4, -0.2) is 15.7 Å². The summed E-state index contributed by atoms with van der Waals surface area (Å²) in [5, 5.41) is 5.34. The molecule has 1 aromatic heterocycles. The molecule has 0 aliphatic heterocycles. The highest BCUT2D eigenvalue weighted by molar-refractivity contribution is 5.90.